The molecule has 100 valence electrons. The number of hydrogen-bond acceptors (Lipinski definition) is 3. The maximum absolute atomic E-state index is 12.1. The lowest BCUT2D eigenvalue weighted by Crippen LogP contribution is -2.26. The molecule has 1 aliphatic rings. The highest BCUT2D eigenvalue weighted by molar-refractivity contribution is 9.10. The van der Waals surface area contributed by atoms with Crippen molar-refractivity contribution in [2.45, 2.75) is 18.2 Å². The molecule has 1 aromatic carbocycles. The van der Waals surface area contributed by atoms with Crippen molar-refractivity contribution in [1.29, 1.82) is 0 Å². The third-order valence-electron chi connectivity index (χ3n) is 3.13. The van der Waals surface area contributed by atoms with Gasteiger partial charge in [0, 0.05) is 17.3 Å². The van der Waals surface area contributed by atoms with Gasteiger partial charge in [-0.1, -0.05) is 18.5 Å². The van der Waals surface area contributed by atoms with Crippen LogP contribution in [0.15, 0.2) is 21.5 Å². The van der Waals surface area contributed by atoms with Crippen LogP contribution in [0.3, 0.4) is 0 Å². The highest BCUT2D eigenvalue weighted by Gasteiger charge is 2.33. The lowest BCUT2D eigenvalue weighted by atomic mass is 10.3. The maximum atomic E-state index is 12.1. The molecule has 0 aromatic heterocycles. The van der Waals surface area contributed by atoms with Crippen LogP contribution in [-0.4, -0.2) is 15.0 Å². The summed E-state index contributed by atoms with van der Waals surface area (Å²) in [5.74, 6) is 1.04. The summed E-state index contributed by atoms with van der Waals surface area (Å²) in [7, 11) is -3.58. The molecule has 1 fully saturated rings. The zero-order chi connectivity index (χ0) is 13.5. The van der Waals surface area contributed by atoms with Gasteiger partial charge in [-0.2, -0.15) is 0 Å². The summed E-state index contributed by atoms with van der Waals surface area (Å²) in [6, 6.07) is 2.90. The van der Waals surface area contributed by atoms with Crippen LogP contribution in [0.25, 0.3) is 0 Å². The summed E-state index contributed by atoms with van der Waals surface area (Å²) < 4.78 is 27.2. The molecule has 0 aliphatic heterocycles. The van der Waals surface area contributed by atoms with Crippen LogP contribution < -0.4 is 10.5 Å². The molecule has 1 saturated carbocycles. The van der Waals surface area contributed by atoms with E-state index in [0.717, 1.165) is 6.42 Å². The fraction of sp³-hybridized carbons (Fsp3) is 0.455. The first-order valence-corrected chi connectivity index (χ1v) is 8.21. The smallest absolute Gasteiger partial charge is 0.241 e. The Bertz CT molecular complexity index is 577. The molecule has 1 aliphatic carbocycles. The van der Waals surface area contributed by atoms with Gasteiger partial charge in [-0.15, -0.1) is 0 Å². The van der Waals surface area contributed by atoms with Gasteiger partial charge >= 0.3 is 0 Å². The molecule has 1 aromatic rings. The van der Waals surface area contributed by atoms with Gasteiger partial charge in [-0.3, -0.25) is 0 Å². The average Bonchev–Trinajstić information content (AvgIpc) is 2.97. The van der Waals surface area contributed by atoms with Crippen LogP contribution in [0, 0.1) is 11.8 Å². The summed E-state index contributed by atoms with van der Waals surface area (Å²) in [6.07, 6.45) is 1.07. The highest BCUT2D eigenvalue weighted by atomic mass is 79.9. The predicted octanol–water partition coefficient (Wildman–Crippen LogP) is 2.62. The summed E-state index contributed by atoms with van der Waals surface area (Å²) in [6.45, 7) is 2.56. The molecular formula is C11H14BrClN2O2S. The topological polar surface area (TPSA) is 72.2 Å². The van der Waals surface area contributed by atoms with Gasteiger partial charge in [0.25, 0.3) is 0 Å². The molecule has 2 unspecified atom stereocenters. The molecule has 4 nitrogen and oxygen atoms in total. The predicted molar refractivity (Wildman–Crippen MR) is 76.0 cm³/mol. The number of rotatable bonds is 4. The standard InChI is InChI=1S/C11H14BrClN2O2S/c1-6-2-7(6)5-15-18(16,17)10-4-8(13)3-9(14)11(10)12/h3-4,6-7,15H,2,5,14H2,1H3. The van der Waals surface area contributed by atoms with Crippen LogP contribution in [0.2, 0.25) is 5.02 Å². The lowest BCUT2D eigenvalue weighted by Gasteiger charge is -2.10. The van der Waals surface area contributed by atoms with Crippen molar-refractivity contribution in [1.82, 2.24) is 4.72 Å². The third-order valence-corrected chi connectivity index (χ3v) is 5.95. The molecule has 0 bridgehead atoms. The molecule has 2 atom stereocenters. The molecular weight excluding hydrogens is 340 g/mol. The Labute approximate surface area is 120 Å². The number of nitrogens with two attached hydrogens (primary N) is 1. The number of sulfonamides is 1. The second-order valence-corrected chi connectivity index (χ2v) is 7.60. The molecule has 0 saturated heterocycles. The van der Waals surface area contributed by atoms with Crippen molar-refractivity contribution in [2.75, 3.05) is 12.3 Å². The van der Waals surface area contributed by atoms with E-state index in [2.05, 4.69) is 27.6 Å². The van der Waals surface area contributed by atoms with Crippen molar-refractivity contribution in [3.63, 3.8) is 0 Å². The van der Waals surface area contributed by atoms with Crippen LogP contribution in [0.5, 0.6) is 0 Å². The second kappa shape index (κ2) is 5.00. The van der Waals surface area contributed by atoms with E-state index in [0.29, 0.717) is 33.6 Å². The van der Waals surface area contributed by atoms with Crippen molar-refractivity contribution in [2.24, 2.45) is 11.8 Å². The van der Waals surface area contributed by atoms with Gasteiger partial charge in [0.1, 0.15) is 0 Å². The Kier molecular flexibility index (Phi) is 3.92. The minimum atomic E-state index is -3.58. The first-order chi connectivity index (χ1) is 8.31. The zero-order valence-electron chi connectivity index (χ0n) is 9.78. The minimum Gasteiger partial charge on any atom is -0.398 e. The van der Waals surface area contributed by atoms with E-state index in [4.69, 9.17) is 17.3 Å². The van der Waals surface area contributed by atoms with Gasteiger partial charge in [0.2, 0.25) is 10.0 Å². The molecule has 0 heterocycles. The first-order valence-electron chi connectivity index (χ1n) is 5.55. The fourth-order valence-electron chi connectivity index (χ4n) is 1.76. The summed E-state index contributed by atoms with van der Waals surface area (Å²) in [4.78, 5) is 0.0841. The zero-order valence-corrected chi connectivity index (χ0v) is 12.9. The Morgan fingerprint density at radius 3 is 2.72 bits per heavy atom. The van der Waals surface area contributed by atoms with Crippen molar-refractivity contribution < 1.29 is 8.42 Å². The van der Waals surface area contributed by atoms with Gasteiger partial charge in [-0.05, 0) is 46.3 Å². The Morgan fingerprint density at radius 2 is 2.17 bits per heavy atom. The van der Waals surface area contributed by atoms with Crippen molar-refractivity contribution in [3.8, 4) is 0 Å². The summed E-state index contributed by atoms with van der Waals surface area (Å²) >= 11 is 9.02. The Balaban J connectivity index is 2.23. The van der Waals surface area contributed by atoms with Gasteiger partial charge in [0.15, 0.2) is 0 Å². The second-order valence-electron chi connectivity index (χ2n) is 4.63. The fourth-order valence-corrected chi connectivity index (χ4v) is 4.14. The van der Waals surface area contributed by atoms with Crippen molar-refractivity contribution in [3.05, 3.63) is 21.6 Å². The minimum absolute atomic E-state index is 0.0841. The number of anilines is 1. The molecule has 0 radical (unpaired) electrons. The quantitative estimate of drug-likeness (QED) is 0.817. The van der Waals surface area contributed by atoms with Gasteiger partial charge < -0.3 is 5.73 Å². The van der Waals surface area contributed by atoms with E-state index in [9.17, 15) is 8.42 Å². The molecule has 7 heteroatoms. The molecule has 18 heavy (non-hydrogen) atoms. The molecule has 0 spiro atoms. The molecule has 3 N–H and O–H groups in total. The monoisotopic (exact) mass is 352 g/mol. The number of hydrogen-bond donors (Lipinski definition) is 2. The number of halogens is 2. The third kappa shape index (κ3) is 2.99. The van der Waals surface area contributed by atoms with E-state index in [1.54, 1.807) is 0 Å². The Hall–Kier alpha value is -0.300. The van der Waals surface area contributed by atoms with Gasteiger partial charge in [-0.25, -0.2) is 13.1 Å². The van der Waals surface area contributed by atoms with Crippen LogP contribution in [-0.2, 0) is 10.0 Å². The normalized spacial score (nSPS) is 23.1. The number of nitrogens with one attached hydrogen (secondary N) is 1. The number of benzene rings is 1. The van der Waals surface area contributed by atoms with Gasteiger partial charge in [0.05, 0.1) is 9.37 Å². The Morgan fingerprint density at radius 1 is 1.56 bits per heavy atom. The van der Waals surface area contributed by atoms with E-state index in [1.165, 1.54) is 12.1 Å². The maximum Gasteiger partial charge on any atom is 0.241 e. The lowest BCUT2D eigenvalue weighted by molar-refractivity contribution is 0.574. The van der Waals surface area contributed by atoms with Crippen LogP contribution in [0.1, 0.15) is 13.3 Å². The van der Waals surface area contributed by atoms with E-state index in [1.807, 2.05) is 0 Å². The van der Waals surface area contributed by atoms with E-state index < -0.39 is 10.0 Å². The van der Waals surface area contributed by atoms with E-state index in [-0.39, 0.29) is 4.90 Å². The largest absolute Gasteiger partial charge is 0.398 e. The highest BCUT2D eigenvalue weighted by Crippen LogP contribution is 2.37. The van der Waals surface area contributed by atoms with Crippen LogP contribution >= 0.6 is 27.5 Å². The average molecular weight is 354 g/mol. The van der Waals surface area contributed by atoms with Crippen molar-refractivity contribution >= 4 is 43.2 Å². The first kappa shape index (κ1) is 14.1. The molecule has 2 rings (SSSR count). The summed E-state index contributed by atoms with van der Waals surface area (Å²) in [5.41, 5.74) is 5.99. The SMILES string of the molecule is CC1CC1CNS(=O)(=O)c1cc(Cl)cc(N)c1Br. The van der Waals surface area contributed by atoms with Crippen LogP contribution in [0.4, 0.5) is 5.69 Å². The molecule has 0 amide bonds. The van der Waals surface area contributed by atoms with E-state index >= 15 is 0 Å². The summed E-state index contributed by atoms with van der Waals surface area (Å²) in [5, 5.41) is 0.302. The number of nitrogen functional groups attached to an aromatic ring is 1.